The van der Waals surface area contributed by atoms with Crippen molar-refractivity contribution in [3.63, 3.8) is 0 Å². The molecule has 0 aromatic heterocycles. The third-order valence-corrected chi connectivity index (χ3v) is 6.02. The van der Waals surface area contributed by atoms with Crippen LogP contribution in [-0.4, -0.2) is 43.7 Å². The second-order valence-electron chi connectivity index (χ2n) is 7.59. The molecule has 1 aromatic rings. The number of aromatic hydroxyl groups is 3. The van der Waals surface area contributed by atoms with Gasteiger partial charge in [0.1, 0.15) is 11.9 Å². The van der Waals surface area contributed by atoms with Gasteiger partial charge in [0, 0.05) is 16.6 Å². The van der Waals surface area contributed by atoms with E-state index in [1.54, 1.807) is 27.7 Å². The topological polar surface area (TPSA) is 124 Å². The largest absolute Gasteiger partial charge is 0.504 e. The zero-order chi connectivity index (χ0) is 19.3. The lowest BCUT2D eigenvalue weighted by Gasteiger charge is -2.39. The molecular weight excluding hydrogens is 340 g/mol. The average Bonchev–Trinajstić information content (AvgIpc) is 2.73. The number of phenolic OH excluding ortho intramolecular Hbond substituents is 3. The highest BCUT2D eigenvalue weighted by molar-refractivity contribution is 6.24. The Bertz CT molecular complexity index is 996. The summed E-state index contributed by atoms with van der Waals surface area (Å²) in [7, 11) is 0. The number of fused-ring (bicyclic) bond motifs is 1. The standard InChI is InChI=1S/C19H18O7/c1-6-5-8(20)10-11-9(6)17-19(25,18(3,4)7(2)26-17)16(24)12(11)14(22)15(23)13(10)21/h5,7,21-23,25H,1-4H3. The minimum Gasteiger partial charge on any atom is -0.504 e. The van der Waals surface area contributed by atoms with Crippen molar-refractivity contribution in [2.75, 3.05) is 0 Å². The highest BCUT2D eigenvalue weighted by Crippen LogP contribution is 2.60. The van der Waals surface area contributed by atoms with Crippen LogP contribution in [0.2, 0.25) is 0 Å². The number of carbonyl (C=O) groups excluding carboxylic acids is 2. The number of allylic oxidation sites excluding steroid dienone is 3. The number of phenols is 3. The summed E-state index contributed by atoms with van der Waals surface area (Å²) in [6.07, 6.45) is 0.701. The number of carbonyl (C=O) groups is 2. The molecule has 2 atom stereocenters. The van der Waals surface area contributed by atoms with Crippen LogP contribution < -0.4 is 0 Å². The van der Waals surface area contributed by atoms with Crippen LogP contribution in [0.4, 0.5) is 0 Å². The molecule has 0 spiro atoms. The molecule has 2 aliphatic carbocycles. The van der Waals surface area contributed by atoms with Crippen molar-refractivity contribution in [2.45, 2.75) is 39.4 Å². The van der Waals surface area contributed by atoms with E-state index in [4.69, 9.17) is 4.74 Å². The lowest BCUT2D eigenvalue weighted by atomic mass is 9.63. The van der Waals surface area contributed by atoms with E-state index in [0.717, 1.165) is 0 Å². The van der Waals surface area contributed by atoms with Gasteiger partial charge in [0.2, 0.25) is 11.5 Å². The second kappa shape index (κ2) is 4.48. The van der Waals surface area contributed by atoms with Gasteiger partial charge in [-0.15, -0.1) is 0 Å². The van der Waals surface area contributed by atoms with Crippen molar-refractivity contribution < 1.29 is 34.8 Å². The Morgan fingerprint density at radius 1 is 1.00 bits per heavy atom. The summed E-state index contributed by atoms with van der Waals surface area (Å²) in [4.78, 5) is 25.7. The average molecular weight is 358 g/mol. The molecule has 1 saturated heterocycles. The molecule has 3 aliphatic rings. The zero-order valence-electron chi connectivity index (χ0n) is 14.7. The summed E-state index contributed by atoms with van der Waals surface area (Å²) in [6.45, 7) is 6.66. The minimum absolute atomic E-state index is 0.000472. The molecule has 7 heteroatoms. The van der Waals surface area contributed by atoms with Gasteiger partial charge in [-0.1, -0.05) is 13.8 Å². The van der Waals surface area contributed by atoms with Crippen LogP contribution in [0.25, 0.3) is 5.57 Å². The predicted molar refractivity (Wildman–Crippen MR) is 90.1 cm³/mol. The van der Waals surface area contributed by atoms with E-state index in [-0.39, 0.29) is 28.0 Å². The normalized spacial score (nSPS) is 28.5. The third-order valence-electron chi connectivity index (χ3n) is 6.02. The molecule has 7 nitrogen and oxygen atoms in total. The molecule has 1 fully saturated rings. The number of aliphatic hydroxyl groups is 1. The summed E-state index contributed by atoms with van der Waals surface area (Å²) in [5, 5.41) is 42.0. The SMILES string of the molecule is CC1=CC(=O)c2c(O)c(O)c(O)c3c2C1=C1OC(C)C(C)(C)C1(O)C3=O. The molecular formula is C19H18O7. The van der Waals surface area contributed by atoms with E-state index in [0.29, 0.717) is 5.57 Å². The molecule has 0 bridgehead atoms. The van der Waals surface area contributed by atoms with Gasteiger partial charge in [0.05, 0.1) is 11.1 Å². The van der Waals surface area contributed by atoms with Gasteiger partial charge < -0.3 is 25.2 Å². The third kappa shape index (κ3) is 1.49. The number of ether oxygens (including phenoxy) is 1. The van der Waals surface area contributed by atoms with E-state index in [2.05, 4.69) is 0 Å². The molecule has 4 rings (SSSR count). The van der Waals surface area contributed by atoms with E-state index in [1.165, 1.54) is 6.08 Å². The van der Waals surface area contributed by atoms with Crippen LogP contribution in [0, 0.1) is 5.41 Å². The predicted octanol–water partition coefficient (Wildman–Crippen LogP) is 2.03. The van der Waals surface area contributed by atoms with Crippen LogP contribution in [0.5, 0.6) is 17.2 Å². The maximum Gasteiger partial charge on any atom is 0.207 e. The number of hydrogen-bond acceptors (Lipinski definition) is 7. The van der Waals surface area contributed by atoms with Crippen molar-refractivity contribution in [2.24, 2.45) is 5.41 Å². The van der Waals surface area contributed by atoms with Crippen molar-refractivity contribution in [1.82, 2.24) is 0 Å². The smallest absolute Gasteiger partial charge is 0.207 e. The second-order valence-corrected chi connectivity index (χ2v) is 7.59. The van der Waals surface area contributed by atoms with E-state index >= 15 is 0 Å². The minimum atomic E-state index is -2.08. The molecule has 0 amide bonds. The first kappa shape index (κ1) is 16.7. The Balaban J connectivity index is 2.25. The van der Waals surface area contributed by atoms with E-state index in [9.17, 15) is 30.0 Å². The van der Waals surface area contributed by atoms with Crippen LogP contribution in [0.3, 0.4) is 0 Å². The molecule has 0 radical (unpaired) electrons. The Kier molecular flexibility index (Phi) is 2.87. The molecule has 136 valence electrons. The van der Waals surface area contributed by atoms with Gasteiger partial charge in [-0.25, -0.2) is 0 Å². The zero-order valence-corrected chi connectivity index (χ0v) is 14.7. The summed E-state index contributed by atoms with van der Waals surface area (Å²) < 4.78 is 5.85. The highest BCUT2D eigenvalue weighted by atomic mass is 16.5. The summed E-state index contributed by atoms with van der Waals surface area (Å²) in [5.74, 6) is -4.13. The Labute approximate surface area is 148 Å². The lowest BCUT2D eigenvalue weighted by molar-refractivity contribution is -0.00670. The molecule has 26 heavy (non-hydrogen) atoms. The fraction of sp³-hybridized carbons (Fsp3) is 0.368. The first-order chi connectivity index (χ1) is 12.0. The summed E-state index contributed by atoms with van der Waals surface area (Å²) in [6, 6.07) is 0. The molecule has 2 unspecified atom stereocenters. The van der Waals surface area contributed by atoms with Crippen molar-refractivity contribution in [1.29, 1.82) is 0 Å². The molecule has 1 aromatic carbocycles. The van der Waals surface area contributed by atoms with E-state index in [1.807, 2.05) is 0 Å². The van der Waals surface area contributed by atoms with Crippen molar-refractivity contribution in [3.8, 4) is 17.2 Å². The van der Waals surface area contributed by atoms with Gasteiger partial charge in [0.15, 0.2) is 22.9 Å². The van der Waals surface area contributed by atoms with Crippen LogP contribution in [0.1, 0.15) is 54.0 Å². The van der Waals surface area contributed by atoms with Gasteiger partial charge in [0.25, 0.3) is 0 Å². The fourth-order valence-electron chi connectivity index (χ4n) is 4.07. The maximum absolute atomic E-state index is 13.3. The van der Waals surface area contributed by atoms with E-state index < -0.39 is 45.9 Å². The Morgan fingerprint density at radius 3 is 2.19 bits per heavy atom. The number of benzene rings is 1. The quantitative estimate of drug-likeness (QED) is 0.523. The van der Waals surface area contributed by atoms with Crippen LogP contribution in [-0.2, 0) is 4.74 Å². The van der Waals surface area contributed by atoms with Gasteiger partial charge in [-0.2, -0.15) is 0 Å². The van der Waals surface area contributed by atoms with Gasteiger partial charge in [-0.3, -0.25) is 9.59 Å². The van der Waals surface area contributed by atoms with Crippen molar-refractivity contribution in [3.05, 3.63) is 34.1 Å². The summed E-state index contributed by atoms with van der Waals surface area (Å²) in [5.41, 5.74) is -3.10. The van der Waals surface area contributed by atoms with Gasteiger partial charge in [-0.05, 0) is 25.5 Å². The number of ketones is 2. The Hall–Kier alpha value is -2.80. The van der Waals surface area contributed by atoms with Gasteiger partial charge >= 0.3 is 0 Å². The molecule has 0 saturated carbocycles. The summed E-state index contributed by atoms with van der Waals surface area (Å²) >= 11 is 0. The number of rotatable bonds is 0. The number of hydrogen-bond donors (Lipinski definition) is 4. The molecule has 1 aliphatic heterocycles. The Morgan fingerprint density at radius 2 is 1.58 bits per heavy atom. The van der Waals surface area contributed by atoms with Crippen molar-refractivity contribution >= 4 is 17.1 Å². The molecule has 1 heterocycles. The first-order valence-corrected chi connectivity index (χ1v) is 8.19. The fourth-order valence-corrected chi connectivity index (χ4v) is 4.07. The maximum atomic E-state index is 13.3. The van der Waals surface area contributed by atoms with Crippen LogP contribution in [0.15, 0.2) is 17.4 Å². The first-order valence-electron chi connectivity index (χ1n) is 8.19. The van der Waals surface area contributed by atoms with Crippen LogP contribution >= 0.6 is 0 Å². The highest BCUT2D eigenvalue weighted by Gasteiger charge is 2.66. The molecule has 4 N–H and O–H groups in total. The lowest BCUT2D eigenvalue weighted by Crippen LogP contribution is -2.53. The monoisotopic (exact) mass is 358 g/mol. The number of Topliss-reactive ketones (excluding diaryl/α,β-unsaturated/α-hetero) is 1.